The molecule has 180 valence electrons. The van der Waals surface area contributed by atoms with Crippen molar-refractivity contribution in [1.29, 1.82) is 0 Å². The maximum Gasteiger partial charge on any atom is 0.416 e. The number of aromatic nitrogens is 2. The Kier molecular flexibility index (Phi) is 6.37. The Hall–Kier alpha value is -2.10. The molecule has 9 heteroatoms. The Morgan fingerprint density at radius 3 is 2.36 bits per heavy atom. The van der Waals surface area contributed by atoms with Crippen LogP contribution in [0.25, 0.3) is 0 Å². The lowest BCUT2D eigenvalue weighted by molar-refractivity contribution is -0.137. The van der Waals surface area contributed by atoms with Gasteiger partial charge in [0.25, 0.3) is 0 Å². The quantitative estimate of drug-likeness (QED) is 0.681. The molecule has 3 heterocycles. The van der Waals surface area contributed by atoms with E-state index in [-0.39, 0.29) is 6.04 Å². The molecule has 6 nitrogen and oxygen atoms in total. The number of anilines is 1. The summed E-state index contributed by atoms with van der Waals surface area (Å²) >= 11 is 0. The van der Waals surface area contributed by atoms with Crippen LogP contribution >= 0.6 is 0 Å². The van der Waals surface area contributed by atoms with Gasteiger partial charge < -0.3 is 9.64 Å². The van der Waals surface area contributed by atoms with Crippen LogP contribution in [-0.2, 0) is 17.3 Å². The summed E-state index contributed by atoms with van der Waals surface area (Å²) in [5.74, 6) is 0.931. The number of rotatable bonds is 5. The SMILES string of the molecule is Cc1cc(N2CCN(CCN3CCOCC3)CC2)nn1C1CCc2ccc(C(F)(F)F)cc21. The van der Waals surface area contributed by atoms with Crippen LogP contribution in [0, 0.1) is 6.92 Å². The van der Waals surface area contributed by atoms with E-state index in [0.717, 1.165) is 101 Å². The van der Waals surface area contributed by atoms with Crippen molar-refractivity contribution in [2.24, 2.45) is 0 Å². The van der Waals surface area contributed by atoms with Crippen LogP contribution in [0.1, 0.15) is 34.8 Å². The zero-order chi connectivity index (χ0) is 23.0. The van der Waals surface area contributed by atoms with Gasteiger partial charge in [-0.1, -0.05) is 6.07 Å². The molecule has 2 aliphatic heterocycles. The molecule has 1 atom stereocenters. The Bertz CT molecular complexity index is 961. The summed E-state index contributed by atoms with van der Waals surface area (Å²) in [6.45, 7) is 11.7. The molecule has 1 aromatic carbocycles. The van der Waals surface area contributed by atoms with Crippen molar-refractivity contribution in [2.45, 2.75) is 32.0 Å². The van der Waals surface area contributed by atoms with Gasteiger partial charge in [0.05, 0.1) is 24.8 Å². The van der Waals surface area contributed by atoms with Gasteiger partial charge in [-0.15, -0.1) is 0 Å². The normalized spacial score (nSPS) is 22.7. The Morgan fingerprint density at radius 2 is 1.67 bits per heavy atom. The molecular weight excluding hydrogens is 431 g/mol. The third-order valence-electron chi connectivity index (χ3n) is 7.26. The predicted octanol–water partition coefficient (Wildman–Crippen LogP) is 3.20. The molecule has 2 saturated heterocycles. The van der Waals surface area contributed by atoms with Crippen molar-refractivity contribution in [2.75, 3.05) is 70.5 Å². The molecule has 0 amide bonds. The van der Waals surface area contributed by atoms with Crippen LogP contribution in [0.15, 0.2) is 24.3 Å². The Balaban J connectivity index is 1.23. The second-order valence-electron chi connectivity index (χ2n) is 9.34. The number of ether oxygens (including phenoxy) is 1. The van der Waals surface area contributed by atoms with E-state index in [1.807, 2.05) is 11.6 Å². The highest BCUT2D eigenvalue weighted by Crippen LogP contribution is 2.39. The standard InChI is InChI=1S/C24H32F3N5O/c1-18-16-23(31-10-8-29(9-11-31)6-7-30-12-14-33-15-13-30)28-32(18)22-5-3-19-2-4-20(17-21(19)22)24(25,26)27/h2,4,16-17,22H,3,5-15H2,1H3. The number of nitrogens with zero attached hydrogens (tertiary/aromatic N) is 5. The first-order valence-corrected chi connectivity index (χ1v) is 11.9. The van der Waals surface area contributed by atoms with Gasteiger partial charge in [-0.25, -0.2) is 0 Å². The molecule has 1 aliphatic carbocycles. The van der Waals surface area contributed by atoms with Gasteiger partial charge in [0.2, 0.25) is 0 Å². The molecule has 0 saturated carbocycles. The fraction of sp³-hybridized carbons (Fsp3) is 0.625. The maximum absolute atomic E-state index is 13.3. The van der Waals surface area contributed by atoms with Crippen molar-refractivity contribution in [3.05, 3.63) is 46.6 Å². The van der Waals surface area contributed by atoms with Crippen molar-refractivity contribution < 1.29 is 17.9 Å². The minimum absolute atomic E-state index is 0.133. The third kappa shape index (κ3) is 4.90. The summed E-state index contributed by atoms with van der Waals surface area (Å²) in [4.78, 5) is 7.27. The Labute approximate surface area is 192 Å². The molecule has 2 aromatic rings. The minimum Gasteiger partial charge on any atom is -0.379 e. The monoisotopic (exact) mass is 463 g/mol. The fourth-order valence-electron chi connectivity index (χ4n) is 5.26. The van der Waals surface area contributed by atoms with Gasteiger partial charge in [0.15, 0.2) is 5.82 Å². The summed E-state index contributed by atoms with van der Waals surface area (Å²) in [7, 11) is 0. The first kappa shape index (κ1) is 22.7. The maximum atomic E-state index is 13.3. The van der Waals surface area contributed by atoms with E-state index in [1.54, 1.807) is 6.07 Å². The van der Waals surface area contributed by atoms with Gasteiger partial charge in [-0.05, 0) is 43.0 Å². The molecule has 1 aromatic heterocycles. The number of hydrogen-bond acceptors (Lipinski definition) is 5. The van der Waals surface area contributed by atoms with Crippen molar-refractivity contribution in [3.63, 3.8) is 0 Å². The molecule has 0 radical (unpaired) electrons. The van der Waals surface area contributed by atoms with E-state index in [2.05, 4.69) is 20.8 Å². The number of fused-ring (bicyclic) bond motifs is 1. The van der Waals surface area contributed by atoms with Gasteiger partial charge in [-0.3, -0.25) is 14.5 Å². The van der Waals surface area contributed by atoms with Crippen molar-refractivity contribution in [3.8, 4) is 0 Å². The van der Waals surface area contributed by atoms with E-state index >= 15 is 0 Å². The molecular formula is C24H32F3N5O. The second kappa shape index (κ2) is 9.27. The van der Waals surface area contributed by atoms with Crippen molar-refractivity contribution in [1.82, 2.24) is 19.6 Å². The number of piperazine rings is 1. The first-order chi connectivity index (χ1) is 15.9. The molecule has 0 spiro atoms. The van der Waals surface area contributed by atoms with Gasteiger partial charge >= 0.3 is 6.18 Å². The lowest BCUT2D eigenvalue weighted by Gasteiger charge is -2.36. The Morgan fingerprint density at radius 1 is 0.970 bits per heavy atom. The fourth-order valence-corrected chi connectivity index (χ4v) is 5.26. The lowest BCUT2D eigenvalue weighted by atomic mass is 10.0. The molecule has 0 N–H and O–H groups in total. The average Bonchev–Trinajstić information content (AvgIpc) is 3.41. The van der Waals surface area contributed by atoms with Crippen molar-refractivity contribution >= 4 is 5.82 Å². The highest BCUT2D eigenvalue weighted by atomic mass is 19.4. The summed E-state index contributed by atoms with van der Waals surface area (Å²) < 4.78 is 47.1. The molecule has 2 fully saturated rings. The molecule has 1 unspecified atom stereocenters. The van der Waals surface area contributed by atoms with E-state index < -0.39 is 11.7 Å². The number of halogens is 3. The average molecular weight is 464 g/mol. The smallest absolute Gasteiger partial charge is 0.379 e. The number of hydrogen-bond donors (Lipinski definition) is 0. The number of morpholine rings is 1. The highest BCUT2D eigenvalue weighted by Gasteiger charge is 2.34. The number of aryl methyl sites for hydroxylation is 2. The zero-order valence-electron chi connectivity index (χ0n) is 19.2. The van der Waals surface area contributed by atoms with Crippen LogP contribution < -0.4 is 4.90 Å². The predicted molar refractivity (Wildman–Crippen MR) is 121 cm³/mol. The number of alkyl halides is 3. The molecule has 5 rings (SSSR count). The van der Waals surface area contributed by atoms with Gasteiger partial charge in [0.1, 0.15) is 0 Å². The molecule has 33 heavy (non-hydrogen) atoms. The largest absolute Gasteiger partial charge is 0.416 e. The van der Waals surface area contributed by atoms with E-state index in [9.17, 15) is 13.2 Å². The first-order valence-electron chi connectivity index (χ1n) is 11.9. The zero-order valence-corrected chi connectivity index (χ0v) is 19.2. The summed E-state index contributed by atoms with van der Waals surface area (Å²) in [6.07, 6.45) is -2.75. The minimum atomic E-state index is -4.33. The molecule has 0 bridgehead atoms. The third-order valence-corrected chi connectivity index (χ3v) is 7.26. The second-order valence-corrected chi connectivity index (χ2v) is 9.34. The van der Waals surface area contributed by atoms with E-state index in [0.29, 0.717) is 0 Å². The summed E-state index contributed by atoms with van der Waals surface area (Å²) in [6, 6.07) is 6.09. The summed E-state index contributed by atoms with van der Waals surface area (Å²) in [5.41, 5.74) is 2.18. The summed E-state index contributed by atoms with van der Waals surface area (Å²) in [5, 5.41) is 4.87. The van der Waals surface area contributed by atoms with Crippen LogP contribution in [0.2, 0.25) is 0 Å². The van der Waals surface area contributed by atoms with Crippen LogP contribution in [-0.4, -0.2) is 85.2 Å². The molecule has 3 aliphatic rings. The lowest BCUT2D eigenvalue weighted by Crippen LogP contribution is -2.49. The van der Waals surface area contributed by atoms with Crippen LogP contribution in [0.4, 0.5) is 19.0 Å². The van der Waals surface area contributed by atoms with Gasteiger partial charge in [-0.2, -0.15) is 18.3 Å². The topological polar surface area (TPSA) is 36.8 Å². The van der Waals surface area contributed by atoms with Gasteiger partial charge in [0, 0.05) is 64.1 Å². The number of benzene rings is 1. The van der Waals surface area contributed by atoms with Crippen LogP contribution in [0.3, 0.4) is 0 Å². The van der Waals surface area contributed by atoms with E-state index in [4.69, 9.17) is 9.84 Å². The van der Waals surface area contributed by atoms with Crippen LogP contribution in [0.5, 0.6) is 0 Å². The van der Waals surface area contributed by atoms with E-state index in [1.165, 1.54) is 12.1 Å². The highest BCUT2D eigenvalue weighted by molar-refractivity contribution is 5.43.